The second kappa shape index (κ2) is 11.5. The molecule has 0 saturated heterocycles. The summed E-state index contributed by atoms with van der Waals surface area (Å²) in [5.74, 6) is 0.00505. The highest BCUT2D eigenvalue weighted by atomic mass is 19.1. The van der Waals surface area contributed by atoms with Gasteiger partial charge in [-0.15, -0.1) is 0 Å². The fraction of sp³-hybridized carbons (Fsp3) is 0.242. The van der Waals surface area contributed by atoms with Gasteiger partial charge in [0, 0.05) is 35.6 Å². The number of nitrogens with zero attached hydrogens (tertiary/aromatic N) is 4. The van der Waals surface area contributed by atoms with Crippen LogP contribution in [0.4, 0.5) is 18.9 Å². The lowest BCUT2D eigenvalue weighted by atomic mass is 9.95. The number of fused-ring (bicyclic) bond motifs is 1. The van der Waals surface area contributed by atoms with E-state index in [2.05, 4.69) is 9.83 Å². The Labute approximate surface area is 237 Å². The molecule has 0 aliphatic carbocycles. The number of hydrogen-bond donors (Lipinski definition) is 0. The molecule has 0 radical (unpaired) electrons. The Morgan fingerprint density at radius 1 is 0.927 bits per heavy atom. The fourth-order valence-corrected chi connectivity index (χ4v) is 4.62. The molecule has 41 heavy (non-hydrogen) atoms. The summed E-state index contributed by atoms with van der Waals surface area (Å²) < 4.78 is 51.1. The van der Waals surface area contributed by atoms with Gasteiger partial charge in [0.25, 0.3) is 0 Å². The first kappa shape index (κ1) is 27.9. The Morgan fingerprint density at radius 3 is 2.44 bits per heavy atom. The van der Waals surface area contributed by atoms with Crippen molar-refractivity contribution >= 4 is 16.7 Å². The van der Waals surface area contributed by atoms with Gasteiger partial charge in [-0.3, -0.25) is 4.39 Å². The highest BCUT2D eigenvalue weighted by molar-refractivity contribution is 5.77. The van der Waals surface area contributed by atoms with E-state index in [-0.39, 0.29) is 24.6 Å². The number of hydrogen-bond acceptors (Lipinski definition) is 3. The zero-order valence-corrected chi connectivity index (χ0v) is 23.1. The minimum atomic E-state index is -0.597. The van der Waals surface area contributed by atoms with Crippen LogP contribution < -0.4 is 4.74 Å². The van der Waals surface area contributed by atoms with Gasteiger partial charge in [0.1, 0.15) is 24.1 Å². The van der Waals surface area contributed by atoms with Crippen LogP contribution in [0.25, 0.3) is 27.1 Å². The Hall–Kier alpha value is -4.64. The van der Waals surface area contributed by atoms with E-state index in [4.69, 9.17) is 16.3 Å². The summed E-state index contributed by atoms with van der Waals surface area (Å²) in [6, 6.07) is 20.2. The molecule has 0 N–H and O–H groups in total. The van der Waals surface area contributed by atoms with Crippen molar-refractivity contribution in [2.75, 3.05) is 6.67 Å². The van der Waals surface area contributed by atoms with E-state index in [1.165, 1.54) is 18.2 Å². The number of imidazole rings is 1. The van der Waals surface area contributed by atoms with E-state index in [9.17, 15) is 8.78 Å². The molecule has 0 aliphatic heterocycles. The van der Waals surface area contributed by atoms with Crippen molar-refractivity contribution in [1.82, 2.24) is 14.5 Å². The molecule has 0 spiro atoms. The SMILES string of the molecule is [C-]#[N+]c1ccc(COc2cccc(-c3ccc(Cc4nc5ccc(C)cc5n4CC(C)(C)CF)c(F)c3)n2)c(F)c1. The molecule has 0 atom stereocenters. The predicted octanol–water partition coefficient (Wildman–Crippen LogP) is 8.40. The van der Waals surface area contributed by atoms with Crippen LogP contribution in [0, 0.1) is 30.5 Å². The summed E-state index contributed by atoms with van der Waals surface area (Å²) in [7, 11) is 0. The number of alkyl halides is 1. The van der Waals surface area contributed by atoms with Crippen molar-refractivity contribution in [1.29, 1.82) is 0 Å². The third kappa shape index (κ3) is 6.25. The van der Waals surface area contributed by atoms with Crippen LogP contribution in [0.3, 0.4) is 0 Å². The second-order valence-corrected chi connectivity index (χ2v) is 10.9. The molecule has 3 aromatic carbocycles. The molecule has 0 fully saturated rings. The maximum Gasteiger partial charge on any atom is 0.214 e. The highest BCUT2D eigenvalue weighted by Crippen LogP contribution is 2.28. The molecule has 2 aromatic heterocycles. The lowest BCUT2D eigenvalue weighted by molar-refractivity contribution is 0.223. The van der Waals surface area contributed by atoms with Crippen LogP contribution in [0.5, 0.6) is 5.88 Å². The normalized spacial score (nSPS) is 11.5. The minimum Gasteiger partial charge on any atom is -0.473 e. The van der Waals surface area contributed by atoms with Gasteiger partial charge >= 0.3 is 0 Å². The Bertz CT molecular complexity index is 1770. The van der Waals surface area contributed by atoms with Crippen molar-refractivity contribution < 1.29 is 17.9 Å². The lowest BCUT2D eigenvalue weighted by Gasteiger charge is -2.23. The fourth-order valence-electron chi connectivity index (χ4n) is 4.62. The first-order valence-corrected chi connectivity index (χ1v) is 13.2. The molecule has 5 nitrogen and oxygen atoms in total. The maximum atomic E-state index is 15.4. The van der Waals surface area contributed by atoms with Gasteiger partial charge < -0.3 is 9.30 Å². The first-order chi connectivity index (χ1) is 19.7. The van der Waals surface area contributed by atoms with Crippen LogP contribution in [-0.4, -0.2) is 21.2 Å². The Balaban J connectivity index is 1.37. The number of halogens is 3. The number of aryl methyl sites for hydroxylation is 1. The van der Waals surface area contributed by atoms with Crippen LogP contribution in [0.2, 0.25) is 0 Å². The van der Waals surface area contributed by atoms with Gasteiger partial charge in [-0.1, -0.05) is 50.2 Å². The molecule has 0 amide bonds. The van der Waals surface area contributed by atoms with Gasteiger partial charge in [-0.2, -0.15) is 0 Å². The number of aromatic nitrogens is 3. The summed E-state index contributed by atoms with van der Waals surface area (Å²) in [4.78, 5) is 12.4. The van der Waals surface area contributed by atoms with Gasteiger partial charge in [0.15, 0.2) is 5.69 Å². The monoisotopic (exact) mass is 554 g/mol. The summed E-state index contributed by atoms with van der Waals surface area (Å²) in [5.41, 5.74) is 4.22. The summed E-state index contributed by atoms with van der Waals surface area (Å²) in [6.45, 7) is 12.6. The number of rotatable bonds is 9. The van der Waals surface area contributed by atoms with Crippen LogP contribution in [-0.2, 0) is 19.6 Å². The lowest BCUT2D eigenvalue weighted by Crippen LogP contribution is -2.23. The molecule has 0 aliphatic rings. The smallest absolute Gasteiger partial charge is 0.214 e. The third-order valence-electron chi connectivity index (χ3n) is 6.89. The topological polar surface area (TPSA) is 44.3 Å². The molecule has 0 unspecified atom stereocenters. The van der Waals surface area contributed by atoms with Crippen molar-refractivity contribution in [3.05, 3.63) is 118 Å². The maximum absolute atomic E-state index is 15.4. The molecular formula is C33H29F3N4O. The zero-order valence-electron chi connectivity index (χ0n) is 23.1. The summed E-state index contributed by atoms with van der Waals surface area (Å²) in [6.07, 6.45) is 0.247. The van der Waals surface area contributed by atoms with Crippen LogP contribution >= 0.6 is 0 Å². The number of benzene rings is 3. The molecule has 0 saturated carbocycles. The molecule has 2 heterocycles. The molecule has 8 heteroatoms. The van der Waals surface area contributed by atoms with Gasteiger partial charge in [-0.05, 0) is 48.4 Å². The molecule has 208 valence electrons. The largest absolute Gasteiger partial charge is 0.473 e. The van der Waals surface area contributed by atoms with Crippen molar-refractivity contribution in [2.45, 2.75) is 40.3 Å². The second-order valence-electron chi connectivity index (χ2n) is 10.9. The van der Waals surface area contributed by atoms with E-state index in [1.54, 1.807) is 30.3 Å². The Morgan fingerprint density at radius 2 is 1.71 bits per heavy atom. The zero-order chi connectivity index (χ0) is 29.1. The van der Waals surface area contributed by atoms with Crippen molar-refractivity contribution in [3.8, 4) is 17.1 Å². The molecule has 5 rings (SSSR count). The minimum absolute atomic E-state index is 0.0619. The van der Waals surface area contributed by atoms with E-state index >= 15 is 4.39 Å². The van der Waals surface area contributed by atoms with E-state index in [1.807, 2.05) is 43.5 Å². The van der Waals surface area contributed by atoms with Crippen molar-refractivity contribution in [2.24, 2.45) is 5.41 Å². The molecular weight excluding hydrogens is 525 g/mol. The summed E-state index contributed by atoms with van der Waals surface area (Å²) >= 11 is 0. The third-order valence-corrected chi connectivity index (χ3v) is 6.89. The van der Waals surface area contributed by atoms with Gasteiger partial charge in [0.05, 0.1) is 30.0 Å². The molecule has 0 bridgehead atoms. The quantitative estimate of drug-likeness (QED) is 0.172. The predicted molar refractivity (Wildman–Crippen MR) is 154 cm³/mol. The first-order valence-electron chi connectivity index (χ1n) is 13.2. The van der Waals surface area contributed by atoms with Crippen LogP contribution in [0.1, 0.15) is 36.4 Å². The van der Waals surface area contributed by atoms with Gasteiger partial charge in [0.2, 0.25) is 5.88 Å². The number of ether oxygens (including phenoxy) is 1. The average molecular weight is 555 g/mol. The summed E-state index contributed by atoms with van der Waals surface area (Å²) in [5, 5.41) is 0. The van der Waals surface area contributed by atoms with E-state index in [0.717, 1.165) is 22.7 Å². The van der Waals surface area contributed by atoms with Crippen LogP contribution in [0.15, 0.2) is 72.8 Å². The number of pyridine rings is 1. The van der Waals surface area contributed by atoms with E-state index in [0.29, 0.717) is 34.8 Å². The van der Waals surface area contributed by atoms with Crippen molar-refractivity contribution in [3.63, 3.8) is 0 Å². The van der Waals surface area contributed by atoms with Gasteiger partial charge in [-0.25, -0.2) is 23.6 Å². The average Bonchev–Trinajstić information content (AvgIpc) is 3.28. The highest BCUT2D eigenvalue weighted by Gasteiger charge is 2.23. The van der Waals surface area contributed by atoms with E-state index < -0.39 is 23.7 Å². The Kier molecular flexibility index (Phi) is 7.80. The molecule has 5 aromatic rings. The standard InChI is InChI=1S/C33H29F3N4O/c1-21-8-13-29-30(14-21)40(20-33(2,3)19-34)31(38-29)16-22-9-10-23(15-26(22)35)28-6-5-7-32(39-28)41-18-24-11-12-25(37-4)17-27(24)36/h5-15,17H,16,18-20H2,1-3H3.